The van der Waals surface area contributed by atoms with Crippen LogP contribution in [-0.2, 0) is 0 Å². The highest BCUT2D eigenvalue weighted by Crippen LogP contribution is 2.18. The van der Waals surface area contributed by atoms with Crippen molar-refractivity contribution in [2.24, 2.45) is 5.10 Å². The van der Waals surface area contributed by atoms with Crippen LogP contribution in [0.4, 0.5) is 11.4 Å². The second-order valence-electron chi connectivity index (χ2n) is 4.53. The standard InChI is InChI=1S/C15H14N4O3/c1-10(13-4-2-3-5-14(13)19(21)22)17-18-15(20)11-6-8-12(16)9-7-11/h2-9H,16H2,1H3,(H,18,20)/b17-10-. The van der Waals surface area contributed by atoms with Crippen molar-refractivity contribution in [1.29, 1.82) is 0 Å². The molecule has 0 aromatic heterocycles. The van der Waals surface area contributed by atoms with Crippen LogP contribution >= 0.6 is 0 Å². The van der Waals surface area contributed by atoms with E-state index in [-0.39, 0.29) is 5.69 Å². The van der Waals surface area contributed by atoms with Crippen LogP contribution in [-0.4, -0.2) is 16.5 Å². The zero-order valence-corrected chi connectivity index (χ0v) is 11.8. The first-order chi connectivity index (χ1) is 10.5. The maximum atomic E-state index is 11.9. The Balaban J connectivity index is 2.18. The fourth-order valence-electron chi connectivity index (χ4n) is 1.83. The lowest BCUT2D eigenvalue weighted by atomic mass is 10.1. The fraction of sp³-hybridized carbons (Fsp3) is 0.0667. The highest BCUT2D eigenvalue weighted by Gasteiger charge is 2.15. The monoisotopic (exact) mass is 298 g/mol. The largest absolute Gasteiger partial charge is 0.399 e. The number of carbonyl (C=O) groups excluding carboxylic acids is 1. The molecule has 22 heavy (non-hydrogen) atoms. The van der Waals surface area contributed by atoms with E-state index in [0.717, 1.165) is 0 Å². The average molecular weight is 298 g/mol. The van der Waals surface area contributed by atoms with Gasteiger partial charge in [0, 0.05) is 17.3 Å². The number of nitrogens with zero attached hydrogens (tertiary/aromatic N) is 2. The van der Waals surface area contributed by atoms with Crippen LogP contribution in [0.25, 0.3) is 0 Å². The smallest absolute Gasteiger partial charge is 0.278 e. The molecule has 0 aliphatic carbocycles. The number of hydrazone groups is 1. The van der Waals surface area contributed by atoms with E-state index in [0.29, 0.717) is 22.5 Å². The third-order valence-corrected chi connectivity index (χ3v) is 2.99. The summed E-state index contributed by atoms with van der Waals surface area (Å²) in [5.74, 6) is -0.419. The number of nitro groups is 1. The summed E-state index contributed by atoms with van der Waals surface area (Å²) in [4.78, 5) is 22.4. The molecule has 0 fully saturated rings. The van der Waals surface area contributed by atoms with Crippen LogP contribution in [0.3, 0.4) is 0 Å². The van der Waals surface area contributed by atoms with E-state index in [4.69, 9.17) is 5.73 Å². The number of hydrogen-bond donors (Lipinski definition) is 2. The number of para-hydroxylation sites is 1. The predicted molar refractivity (Wildman–Crippen MR) is 83.6 cm³/mol. The maximum Gasteiger partial charge on any atom is 0.278 e. The topological polar surface area (TPSA) is 111 Å². The minimum Gasteiger partial charge on any atom is -0.399 e. The Hall–Kier alpha value is -3.22. The number of carbonyl (C=O) groups is 1. The predicted octanol–water partition coefficient (Wildman–Crippen LogP) is 2.33. The van der Waals surface area contributed by atoms with Crippen molar-refractivity contribution in [2.75, 3.05) is 5.73 Å². The second kappa shape index (κ2) is 6.49. The van der Waals surface area contributed by atoms with Crippen LogP contribution in [0, 0.1) is 10.1 Å². The van der Waals surface area contributed by atoms with E-state index >= 15 is 0 Å². The van der Waals surface area contributed by atoms with Crippen LogP contribution < -0.4 is 11.2 Å². The molecular weight excluding hydrogens is 284 g/mol. The van der Waals surface area contributed by atoms with Gasteiger partial charge in [-0.25, -0.2) is 5.43 Å². The Labute approximate surface area is 126 Å². The quantitative estimate of drug-likeness (QED) is 0.390. The molecule has 3 N–H and O–H groups in total. The Morgan fingerprint density at radius 2 is 1.82 bits per heavy atom. The van der Waals surface area contributed by atoms with E-state index < -0.39 is 10.8 Å². The van der Waals surface area contributed by atoms with Gasteiger partial charge in [0.25, 0.3) is 11.6 Å². The van der Waals surface area contributed by atoms with Crippen molar-refractivity contribution in [3.8, 4) is 0 Å². The molecule has 0 unspecified atom stereocenters. The summed E-state index contributed by atoms with van der Waals surface area (Å²) in [6, 6.07) is 12.6. The van der Waals surface area contributed by atoms with Crippen molar-refractivity contribution in [3.63, 3.8) is 0 Å². The van der Waals surface area contributed by atoms with E-state index in [1.165, 1.54) is 6.07 Å². The zero-order chi connectivity index (χ0) is 16.1. The molecule has 0 aliphatic rings. The van der Waals surface area contributed by atoms with Gasteiger partial charge in [0.2, 0.25) is 0 Å². The molecule has 0 saturated carbocycles. The molecular formula is C15H14N4O3. The first kappa shape index (κ1) is 15.2. The number of anilines is 1. The second-order valence-corrected chi connectivity index (χ2v) is 4.53. The molecule has 0 bridgehead atoms. The number of nitrogen functional groups attached to an aromatic ring is 1. The summed E-state index contributed by atoms with van der Waals surface area (Å²) < 4.78 is 0. The van der Waals surface area contributed by atoms with Crippen molar-refractivity contribution in [3.05, 3.63) is 69.8 Å². The molecule has 0 heterocycles. The summed E-state index contributed by atoms with van der Waals surface area (Å²) in [5.41, 5.74) is 9.50. The molecule has 1 amide bonds. The molecule has 7 heteroatoms. The van der Waals surface area contributed by atoms with E-state index in [2.05, 4.69) is 10.5 Å². The Morgan fingerprint density at radius 1 is 1.18 bits per heavy atom. The molecule has 2 rings (SSSR count). The minimum atomic E-state index is -0.490. The number of nitro benzene ring substituents is 1. The number of rotatable bonds is 4. The Kier molecular flexibility index (Phi) is 4.47. The lowest BCUT2D eigenvalue weighted by Crippen LogP contribution is -2.19. The molecule has 2 aromatic carbocycles. The van der Waals surface area contributed by atoms with Gasteiger partial charge in [-0.05, 0) is 37.3 Å². The lowest BCUT2D eigenvalue weighted by Gasteiger charge is -2.04. The third-order valence-electron chi connectivity index (χ3n) is 2.99. The van der Waals surface area contributed by atoms with E-state index in [1.54, 1.807) is 49.4 Å². The van der Waals surface area contributed by atoms with Gasteiger partial charge in [-0.1, -0.05) is 12.1 Å². The normalized spacial score (nSPS) is 11.0. The number of amides is 1. The third kappa shape index (κ3) is 3.45. The van der Waals surface area contributed by atoms with Gasteiger partial charge < -0.3 is 5.73 Å². The number of nitrogens with two attached hydrogens (primary N) is 1. The molecule has 2 aromatic rings. The first-order valence-electron chi connectivity index (χ1n) is 6.43. The summed E-state index contributed by atoms with van der Waals surface area (Å²) in [5, 5.41) is 14.9. The minimum absolute atomic E-state index is 0.0644. The van der Waals surface area contributed by atoms with Gasteiger partial charge in [-0.3, -0.25) is 14.9 Å². The van der Waals surface area contributed by atoms with Gasteiger partial charge in [0.15, 0.2) is 0 Å². The fourth-order valence-corrected chi connectivity index (χ4v) is 1.83. The number of hydrogen-bond acceptors (Lipinski definition) is 5. The van der Waals surface area contributed by atoms with Crippen LogP contribution in [0.5, 0.6) is 0 Å². The molecule has 0 aliphatic heterocycles. The van der Waals surface area contributed by atoms with E-state index in [9.17, 15) is 14.9 Å². The number of nitrogens with one attached hydrogen (secondary N) is 1. The maximum absolute atomic E-state index is 11.9. The number of benzene rings is 2. The molecule has 112 valence electrons. The zero-order valence-electron chi connectivity index (χ0n) is 11.8. The Bertz CT molecular complexity index is 739. The highest BCUT2D eigenvalue weighted by atomic mass is 16.6. The van der Waals surface area contributed by atoms with Crippen LogP contribution in [0.1, 0.15) is 22.8 Å². The molecule has 0 radical (unpaired) electrons. The first-order valence-corrected chi connectivity index (χ1v) is 6.43. The summed E-state index contributed by atoms with van der Waals surface area (Å²) in [6.45, 7) is 1.59. The van der Waals surface area contributed by atoms with Crippen molar-refractivity contribution < 1.29 is 9.72 Å². The molecule has 0 saturated heterocycles. The van der Waals surface area contributed by atoms with Crippen LogP contribution in [0.15, 0.2) is 53.6 Å². The van der Waals surface area contributed by atoms with Gasteiger partial charge in [0.1, 0.15) is 0 Å². The van der Waals surface area contributed by atoms with Crippen LogP contribution in [0.2, 0.25) is 0 Å². The van der Waals surface area contributed by atoms with Gasteiger partial charge >= 0.3 is 0 Å². The SMILES string of the molecule is C/C(=N/NC(=O)c1ccc(N)cc1)c1ccccc1[N+](=O)[O-]. The van der Waals surface area contributed by atoms with Gasteiger partial charge in [-0.15, -0.1) is 0 Å². The lowest BCUT2D eigenvalue weighted by molar-refractivity contribution is -0.385. The molecule has 0 spiro atoms. The average Bonchev–Trinajstić information content (AvgIpc) is 2.53. The van der Waals surface area contributed by atoms with Crippen molar-refractivity contribution in [2.45, 2.75) is 6.92 Å². The summed E-state index contributed by atoms with van der Waals surface area (Å²) in [7, 11) is 0. The summed E-state index contributed by atoms with van der Waals surface area (Å²) in [6.07, 6.45) is 0. The highest BCUT2D eigenvalue weighted by molar-refractivity contribution is 6.03. The molecule has 7 nitrogen and oxygen atoms in total. The van der Waals surface area contributed by atoms with Crippen molar-refractivity contribution in [1.82, 2.24) is 5.43 Å². The van der Waals surface area contributed by atoms with E-state index in [1.807, 2.05) is 0 Å². The van der Waals surface area contributed by atoms with Gasteiger partial charge in [-0.2, -0.15) is 5.10 Å². The van der Waals surface area contributed by atoms with Crippen molar-refractivity contribution >= 4 is 23.0 Å². The molecule has 0 atom stereocenters. The Morgan fingerprint density at radius 3 is 2.45 bits per heavy atom. The summed E-state index contributed by atoms with van der Waals surface area (Å²) >= 11 is 0. The van der Waals surface area contributed by atoms with Gasteiger partial charge in [0.05, 0.1) is 16.2 Å².